The van der Waals surface area contributed by atoms with Gasteiger partial charge in [0.2, 0.25) is 0 Å². The topological polar surface area (TPSA) is 54.5 Å². The maximum atomic E-state index is 4.31. The Hall–Kier alpha value is -1.45. The molecule has 0 aliphatic carbocycles. The zero-order chi connectivity index (χ0) is 10.6. The van der Waals surface area contributed by atoms with Gasteiger partial charge in [-0.05, 0) is 0 Å². The van der Waals surface area contributed by atoms with E-state index in [0.29, 0.717) is 5.92 Å². The van der Waals surface area contributed by atoms with Crippen LogP contribution in [0.2, 0.25) is 0 Å². The van der Waals surface area contributed by atoms with E-state index in [1.165, 1.54) is 0 Å². The maximum absolute atomic E-state index is 4.31. The van der Waals surface area contributed by atoms with Crippen molar-refractivity contribution < 1.29 is 0 Å². The Morgan fingerprint density at radius 3 is 2.57 bits per heavy atom. The number of hydrogen-bond donors (Lipinski definition) is 1. The molecular formula is C10H16N4. The number of aromatic amines is 1. The molecule has 0 aromatic carbocycles. The van der Waals surface area contributed by atoms with Crippen LogP contribution in [0.1, 0.15) is 39.4 Å². The largest absolute Gasteiger partial charge is 0.261 e. The highest BCUT2D eigenvalue weighted by atomic mass is 15.1. The van der Waals surface area contributed by atoms with Gasteiger partial charge < -0.3 is 0 Å². The lowest BCUT2D eigenvalue weighted by molar-refractivity contribution is 0.780. The fraction of sp³-hybridized carbons (Fsp3) is 0.500. The molecule has 0 unspecified atom stereocenters. The number of nitrogens with one attached hydrogen (secondary N) is 1. The van der Waals surface area contributed by atoms with E-state index in [-0.39, 0.29) is 0 Å². The fourth-order valence-electron chi connectivity index (χ4n) is 1.03. The highest BCUT2D eigenvalue weighted by Gasteiger charge is 2.04. The van der Waals surface area contributed by atoms with Gasteiger partial charge in [0.1, 0.15) is 5.82 Å². The van der Waals surface area contributed by atoms with E-state index in [0.717, 1.165) is 16.9 Å². The third kappa shape index (κ3) is 2.07. The van der Waals surface area contributed by atoms with Crippen LogP contribution in [0.25, 0.3) is 11.0 Å². The van der Waals surface area contributed by atoms with Crippen LogP contribution in [-0.2, 0) is 0 Å². The predicted octanol–water partition coefficient (Wildman–Crippen LogP) is 2.50. The molecule has 0 fully saturated rings. The summed E-state index contributed by atoms with van der Waals surface area (Å²) in [4.78, 5) is 8.51. The number of hydrogen-bond acceptors (Lipinski definition) is 3. The molecule has 0 bridgehead atoms. The average molecular weight is 192 g/mol. The predicted molar refractivity (Wildman–Crippen MR) is 57.1 cm³/mol. The van der Waals surface area contributed by atoms with E-state index in [9.17, 15) is 0 Å². The van der Waals surface area contributed by atoms with Gasteiger partial charge in [0, 0.05) is 12.1 Å². The molecule has 0 atom stereocenters. The first-order chi connectivity index (χ1) is 6.77. The lowest BCUT2D eigenvalue weighted by atomic mass is 10.2. The van der Waals surface area contributed by atoms with Crippen LogP contribution in [0, 0.1) is 0 Å². The molecule has 0 amide bonds. The smallest absolute Gasteiger partial charge is 0.158 e. The van der Waals surface area contributed by atoms with Crippen molar-refractivity contribution >= 4 is 11.0 Å². The third-order valence-corrected chi connectivity index (χ3v) is 1.73. The molecular weight excluding hydrogens is 176 g/mol. The van der Waals surface area contributed by atoms with Crippen LogP contribution in [0.3, 0.4) is 0 Å². The maximum Gasteiger partial charge on any atom is 0.158 e. The Morgan fingerprint density at radius 2 is 1.93 bits per heavy atom. The van der Waals surface area contributed by atoms with E-state index in [1.54, 1.807) is 12.4 Å². The van der Waals surface area contributed by atoms with Gasteiger partial charge in [0.25, 0.3) is 0 Å². The fourth-order valence-corrected chi connectivity index (χ4v) is 1.03. The van der Waals surface area contributed by atoms with Crippen molar-refractivity contribution in [1.29, 1.82) is 0 Å². The third-order valence-electron chi connectivity index (χ3n) is 1.73. The Labute approximate surface area is 83.8 Å². The van der Waals surface area contributed by atoms with Gasteiger partial charge >= 0.3 is 0 Å². The molecule has 14 heavy (non-hydrogen) atoms. The lowest BCUT2D eigenvalue weighted by Crippen LogP contribution is -1.96. The van der Waals surface area contributed by atoms with Gasteiger partial charge in [-0.25, -0.2) is 9.97 Å². The number of H-pyrrole nitrogens is 1. The Bertz CT molecular complexity index is 392. The Balaban J connectivity index is 0.000000461. The zero-order valence-electron chi connectivity index (χ0n) is 9.07. The van der Waals surface area contributed by atoms with Crippen molar-refractivity contribution in [3.63, 3.8) is 0 Å². The molecule has 0 radical (unpaired) electrons. The summed E-state index contributed by atoms with van der Waals surface area (Å²) >= 11 is 0. The number of aromatic nitrogens is 4. The van der Waals surface area contributed by atoms with Gasteiger partial charge in [-0.2, -0.15) is 5.10 Å². The SMILES string of the molecule is CC.CC(C)c1ncc2cn[nH]c2n1. The normalized spacial score (nSPS) is 10.1. The van der Waals surface area contributed by atoms with Crippen molar-refractivity contribution in [1.82, 2.24) is 20.2 Å². The van der Waals surface area contributed by atoms with E-state index in [4.69, 9.17) is 0 Å². The van der Waals surface area contributed by atoms with Gasteiger partial charge in [-0.3, -0.25) is 5.10 Å². The van der Waals surface area contributed by atoms with Crippen LogP contribution in [0.5, 0.6) is 0 Å². The van der Waals surface area contributed by atoms with Gasteiger partial charge in [-0.15, -0.1) is 0 Å². The molecule has 2 heterocycles. The molecule has 0 aliphatic heterocycles. The molecule has 2 rings (SSSR count). The minimum absolute atomic E-state index is 0.359. The minimum atomic E-state index is 0.359. The summed E-state index contributed by atoms with van der Waals surface area (Å²) in [5, 5.41) is 7.65. The highest BCUT2D eigenvalue weighted by molar-refractivity contribution is 5.72. The van der Waals surface area contributed by atoms with Crippen LogP contribution < -0.4 is 0 Å². The van der Waals surface area contributed by atoms with Crippen molar-refractivity contribution in [2.75, 3.05) is 0 Å². The molecule has 4 nitrogen and oxygen atoms in total. The van der Waals surface area contributed by atoms with Crippen molar-refractivity contribution in [3.8, 4) is 0 Å². The van der Waals surface area contributed by atoms with Crippen molar-refractivity contribution in [2.45, 2.75) is 33.6 Å². The first-order valence-corrected chi connectivity index (χ1v) is 4.93. The standard InChI is InChI=1S/C8H10N4.C2H6/c1-5(2)7-9-3-6-4-10-12-8(6)11-7;1-2/h3-5H,1-2H3,(H,9,10,11,12);1-2H3. The molecule has 2 aromatic heterocycles. The Kier molecular flexibility index (Phi) is 3.56. The van der Waals surface area contributed by atoms with Gasteiger partial charge in [0.15, 0.2) is 5.65 Å². The molecule has 2 aromatic rings. The van der Waals surface area contributed by atoms with E-state index < -0.39 is 0 Å². The second-order valence-electron chi connectivity index (χ2n) is 3.06. The molecule has 4 heteroatoms. The van der Waals surface area contributed by atoms with E-state index in [1.807, 2.05) is 13.8 Å². The lowest BCUT2D eigenvalue weighted by Gasteiger charge is -2.00. The zero-order valence-corrected chi connectivity index (χ0v) is 9.07. The van der Waals surface area contributed by atoms with Crippen molar-refractivity contribution in [3.05, 3.63) is 18.2 Å². The summed E-state index contributed by atoms with van der Waals surface area (Å²) in [6.45, 7) is 8.13. The summed E-state index contributed by atoms with van der Waals surface area (Å²) in [6.07, 6.45) is 3.51. The molecule has 0 spiro atoms. The van der Waals surface area contributed by atoms with Crippen LogP contribution in [0.15, 0.2) is 12.4 Å². The number of nitrogens with zero attached hydrogens (tertiary/aromatic N) is 3. The van der Waals surface area contributed by atoms with Crippen molar-refractivity contribution in [2.24, 2.45) is 0 Å². The molecule has 0 saturated carbocycles. The number of fused-ring (bicyclic) bond motifs is 1. The van der Waals surface area contributed by atoms with Crippen LogP contribution in [0.4, 0.5) is 0 Å². The van der Waals surface area contributed by atoms with Crippen LogP contribution >= 0.6 is 0 Å². The molecule has 1 N–H and O–H groups in total. The van der Waals surface area contributed by atoms with Crippen LogP contribution in [-0.4, -0.2) is 20.2 Å². The first-order valence-electron chi connectivity index (χ1n) is 4.93. The molecule has 0 saturated heterocycles. The molecule has 76 valence electrons. The first kappa shape index (κ1) is 10.6. The quantitative estimate of drug-likeness (QED) is 0.755. The summed E-state index contributed by atoms with van der Waals surface area (Å²) in [6, 6.07) is 0. The summed E-state index contributed by atoms with van der Waals surface area (Å²) in [7, 11) is 0. The Morgan fingerprint density at radius 1 is 1.21 bits per heavy atom. The second-order valence-corrected chi connectivity index (χ2v) is 3.06. The van der Waals surface area contributed by atoms with Gasteiger partial charge in [-0.1, -0.05) is 27.7 Å². The van der Waals surface area contributed by atoms with Gasteiger partial charge in [0.05, 0.1) is 11.6 Å². The number of rotatable bonds is 1. The summed E-state index contributed by atoms with van der Waals surface area (Å²) in [5.41, 5.74) is 0.814. The minimum Gasteiger partial charge on any atom is -0.261 e. The van der Waals surface area contributed by atoms with E-state index >= 15 is 0 Å². The summed E-state index contributed by atoms with van der Waals surface area (Å²) < 4.78 is 0. The van der Waals surface area contributed by atoms with E-state index in [2.05, 4.69) is 34.0 Å². The monoisotopic (exact) mass is 192 g/mol. The average Bonchev–Trinajstić information content (AvgIpc) is 2.67. The highest BCUT2D eigenvalue weighted by Crippen LogP contribution is 2.11. The second kappa shape index (κ2) is 4.69. The summed E-state index contributed by atoms with van der Waals surface area (Å²) in [5.74, 6) is 1.21. The molecule has 0 aliphatic rings.